The first-order valence-electron chi connectivity index (χ1n) is 9.67. The summed E-state index contributed by atoms with van der Waals surface area (Å²) in [6.45, 7) is 3.29. The van der Waals surface area contributed by atoms with Crippen LogP contribution < -0.4 is 0 Å². The summed E-state index contributed by atoms with van der Waals surface area (Å²) in [4.78, 5) is 23.4. The van der Waals surface area contributed by atoms with E-state index < -0.39 is 6.09 Å². The molecule has 0 rings (SSSR count). The summed E-state index contributed by atoms with van der Waals surface area (Å²) in [6, 6.07) is 0. The van der Waals surface area contributed by atoms with E-state index in [4.69, 9.17) is 9.84 Å². The molecule has 0 radical (unpaired) electrons. The smallest absolute Gasteiger partial charge is 0.407 e. The second-order valence-corrected chi connectivity index (χ2v) is 6.56. The first kappa shape index (κ1) is 22.7. The Bertz CT molecular complexity index is 320. The molecule has 0 aromatic carbocycles. The molecule has 0 fully saturated rings. The molecule has 0 aliphatic carbocycles. The lowest BCUT2D eigenvalue weighted by atomic mass is 10.1. The van der Waals surface area contributed by atoms with Crippen LogP contribution in [0.4, 0.5) is 4.79 Å². The third-order valence-electron chi connectivity index (χ3n) is 4.21. The Kier molecular flexibility index (Phi) is 15.7. The Morgan fingerprint density at radius 1 is 0.833 bits per heavy atom. The molecular weight excluding hydrogens is 306 g/mol. The second-order valence-electron chi connectivity index (χ2n) is 6.56. The van der Waals surface area contributed by atoms with Gasteiger partial charge in [0.25, 0.3) is 0 Å². The molecule has 142 valence electrons. The number of amides is 1. The predicted octanol–water partition coefficient (Wildman–Crippen LogP) is 5.23. The molecule has 24 heavy (non-hydrogen) atoms. The fraction of sp³-hybridized carbons (Fsp3) is 0.895. The molecule has 0 aliphatic rings. The highest BCUT2D eigenvalue weighted by molar-refractivity contribution is 5.69. The molecule has 0 bridgehead atoms. The van der Waals surface area contributed by atoms with Crippen LogP contribution in [-0.2, 0) is 9.53 Å². The number of carbonyl (C=O) groups is 2. The lowest BCUT2D eigenvalue weighted by molar-refractivity contribution is -0.143. The van der Waals surface area contributed by atoms with Gasteiger partial charge >= 0.3 is 12.1 Å². The standard InChI is InChI=1S/C19H37NO4/c1-3-4-5-6-7-8-9-10-14-17-24-18(21)15-12-11-13-16-20(2)19(22)23/h3-17H2,1-2H3,(H,22,23). The number of nitrogens with zero attached hydrogens (tertiary/aromatic N) is 1. The number of hydrogen-bond acceptors (Lipinski definition) is 3. The maximum absolute atomic E-state index is 11.6. The summed E-state index contributed by atoms with van der Waals surface area (Å²) in [5.41, 5.74) is 0. The highest BCUT2D eigenvalue weighted by Gasteiger charge is 2.05. The van der Waals surface area contributed by atoms with Crippen LogP contribution in [0.15, 0.2) is 0 Å². The van der Waals surface area contributed by atoms with Gasteiger partial charge in [-0.25, -0.2) is 4.79 Å². The maximum atomic E-state index is 11.6. The Labute approximate surface area is 147 Å². The molecule has 0 saturated carbocycles. The monoisotopic (exact) mass is 343 g/mol. The molecule has 0 aromatic rings. The van der Waals surface area contributed by atoms with E-state index in [0.29, 0.717) is 19.6 Å². The van der Waals surface area contributed by atoms with E-state index in [9.17, 15) is 9.59 Å². The van der Waals surface area contributed by atoms with E-state index >= 15 is 0 Å². The molecule has 0 spiro atoms. The minimum Gasteiger partial charge on any atom is -0.466 e. The van der Waals surface area contributed by atoms with Gasteiger partial charge in [-0.2, -0.15) is 0 Å². The molecule has 0 aromatic heterocycles. The molecule has 1 N–H and O–H groups in total. The summed E-state index contributed by atoms with van der Waals surface area (Å²) in [7, 11) is 1.56. The van der Waals surface area contributed by atoms with Crippen molar-refractivity contribution >= 4 is 12.1 Å². The van der Waals surface area contributed by atoms with Crippen molar-refractivity contribution in [3.8, 4) is 0 Å². The van der Waals surface area contributed by atoms with Gasteiger partial charge in [0.2, 0.25) is 0 Å². The first-order valence-corrected chi connectivity index (χ1v) is 9.67. The van der Waals surface area contributed by atoms with Crippen molar-refractivity contribution < 1.29 is 19.4 Å². The fourth-order valence-electron chi connectivity index (χ4n) is 2.56. The third kappa shape index (κ3) is 15.6. The number of ether oxygens (including phenoxy) is 1. The molecule has 0 unspecified atom stereocenters. The number of rotatable bonds is 16. The fourth-order valence-corrected chi connectivity index (χ4v) is 2.56. The lowest BCUT2D eigenvalue weighted by Crippen LogP contribution is -2.25. The Morgan fingerprint density at radius 3 is 1.96 bits per heavy atom. The zero-order valence-electron chi connectivity index (χ0n) is 15.7. The second kappa shape index (κ2) is 16.6. The van der Waals surface area contributed by atoms with Gasteiger partial charge in [0.05, 0.1) is 6.61 Å². The molecule has 5 nitrogen and oxygen atoms in total. The van der Waals surface area contributed by atoms with E-state index in [-0.39, 0.29) is 5.97 Å². The zero-order chi connectivity index (χ0) is 18.0. The SMILES string of the molecule is CCCCCCCCCCCOC(=O)CCCCCN(C)C(=O)O. The number of carboxylic acid groups (broad SMARTS) is 1. The molecule has 1 amide bonds. The van der Waals surface area contributed by atoms with Gasteiger partial charge in [-0.3, -0.25) is 4.79 Å². The van der Waals surface area contributed by atoms with E-state index in [1.54, 1.807) is 7.05 Å². The van der Waals surface area contributed by atoms with Gasteiger partial charge < -0.3 is 14.7 Å². The molecule has 0 aliphatic heterocycles. The Hall–Kier alpha value is -1.26. The van der Waals surface area contributed by atoms with Crippen molar-refractivity contribution in [1.82, 2.24) is 4.90 Å². The van der Waals surface area contributed by atoms with Crippen molar-refractivity contribution in [2.45, 2.75) is 90.4 Å². The number of carbonyl (C=O) groups excluding carboxylic acids is 1. The summed E-state index contributed by atoms with van der Waals surface area (Å²) in [6.07, 6.45) is 13.3. The van der Waals surface area contributed by atoms with Crippen LogP contribution in [-0.4, -0.2) is 42.3 Å². The molecule has 0 saturated heterocycles. The summed E-state index contributed by atoms with van der Waals surface area (Å²) in [5.74, 6) is -0.124. The van der Waals surface area contributed by atoms with E-state index in [2.05, 4.69) is 6.92 Å². The van der Waals surface area contributed by atoms with Crippen LogP contribution in [0, 0.1) is 0 Å². The van der Waals surface area contributed by atoms with E-state index in [1.165, 1.54) is 49.8 Å². The summed E-state index contributed by atoms with van der Waals surface area (Å²) >= 11 is 0. The van der Waals surface area contributed by atoms with Crippen LogP contribution in [0.1, 0.15) is 90.4 Å². The van der Waals surface area contributed by atoms with Crippen LogP contribution in [0.25, 0.3) is 0 Å². The predicted molar refractivity (Wildman–Crippen MR) is 97.3 cm³/mol. The van der Waals surface area contributed by atoms with Gasteiger partial charge in [0.15, 0.2) is 0 Å². The quantitative estimate of drug-likeness (QED) is 0.308. The van der Waals surface area contributed by atoms with E-state index in [0.717, 1.165) is 32.1 Å². The molecule has 5 heteroatoms. The summed E-state index contributed by atoms with van der Waals surface area (Å²) < 4.78 is 5.22. The van der Waals surface area contributed by atoms with Gasteiger partial charge in [-0.1, -0.05) is 64.7 Å². The molecular formula is C19H37NO4. The zero-order valence-corrected chi connectivity index (χ0v) is 15.7. The summed E-state index contributed by atoms with van der Waals surface area (Å²) in [5, 5.41) is 8.70. The van der Waals surface area contributed by atoms with Crippen molar-refractivity contribution in [2.24, 2.45) is 0 Å². The van der Waals surface area contributed by atoms with Crippen LogP contribution >= 0.6 is 0 Å². The normalized spacial score (nSPS) is 10.6. The molecule has 0 atom stereocenters. The van der Waals surface area contributed by atoms with Gasteiger partial charge in [-0.15, -0.1) is 0 Å². The highest BCUT2D eigenvalue weighted by Crippen LogP contribution is 2.10. The van der Waals surface area contributed by atoms with Gasteiger partial charge in [-0.05, 0) is 19.3 Å². The lowest BCUT2D eigenvalue weighted by Gasteiger charge is -2.11. The van der Waals surface area contributed by atoms with Crippen LogP contribution in [0.5, 0.6) is 0 Å². The van der Waals surface area contributed by atoms with Crippen molar-refractivity contribution in [2.75, 3.05) is 20.2 Å². The van der Waals surface area contributed by atoms with Crippen LogP contribution in [0.3, 0.4) is 0 Å². The number of hydrogen-bond donors (Lipinski definition) is 1. The van der Waals surface area contributed by atoms with Crippen LogP contribution in [0.2, 0.25) is 0 Å². The Morgan fingerprint density at radius 2 is 1.38 bits per heavy atom. The van der Waals surface area contributed by atoms with Gasteiger partial charge in [0.1, 0.15) is 0 Å². The van der Waals surface area contributed by atoms with E-state index in [1.807, 2.05) is 0 Å². The van der Waals surface area contributed by atoms with Crippen molar-refractivity contribution in [3.63, 3.8) is 0 Å². The minimum atomic E-state index is -0.907. The number of esters is 1. The average molecular weight is 344 g/mol. The maximum Gasteiger partial charge on any atom is 0.407 e. The van der Waals surface area contributed by atoms with Crippen molar-refractivity contribution in [3.05, 3.63) is 0 Å². The average Bonchev–Trinajstić information content (AvgIpc) is 2.55. The number of unbranched alkanes of at least 4 members (excludes halogenated alkanes) is 10. The van der Waals surface area contributed by atoms with Crippen molar-refractivity contribution in [1.29, 1.82) is 0 Å². The Balaban J connectivity index is 3.25. The minimum absolute atomic E-state index is 0.124. The molecule has 0 heterocycles. The topological polar surface area (TPSA) is 66.8 Å². The van der Waals surface area contributed by atoms with Gasteiger partial charge in [0, 0.05) is 20.0 Å². The first-order chi connectivity index (χ1) is 11.6. The highest BCUT2D eigenvalue weighted by atomic mass is 16.5. The third-order valence-corrected chi connectivity index (χ3v) is 4.21. The largest absolute Gasteiger partial charge is 0.466 e.